The number of hydrogen-bond donors (Lipinski definition) is 0. The monoisotopic (exact) mass is 221 g/mol. The van der Waals surface area contributed by atoms with Gasteiger partial charge in [-0.2, -0.15) is 0 Å². The van der Waals surface area contributed by atoms with Crippen molar-refractivity contribution in [3.63, 3.8) is 0 Å². The van der Waals surface area contributed by atoms with Gasteiger partial charge in [0.1, 0.15) is 0 Å². The molecule has 1 heterocycles. The van der Waals surface area contributed by atoms with Crippen LogP contribution in [0.5, 0.6) is 0 Å². The van der Waals surface area contributed by atoms with E-state index in [0.717, 1.165) is 0 Å². The van der Waals surface area contributed by atoms with Gasteiger partial charge in [-0.1, -0.05) is 53.7 Å². The zero-order chi connectivity index (χ0) is 8.49. The summed E-state index contributed by atoms with van der Waals surface area (Å²) in [5.74, 6) is 3.70. The lowest BCUT2D eigenvalue weighted by Gasteiger charge is -2.04. The van der Waals surface area contributed by atoms with Crippen LogP contribution < -0.4 is 0 Å². The summed E-state index contributed by atoms with van der Waals surface area (Å²) in [5.41, 5.74) is 0. The van der Waals surface area contributed by atoms with Crippen LogP contribution in [0.4, 0.5) is 0 Å². The van der Waals surface area contributed by atoms with E-state index in [1.165, 1.54) is 50.7 Å². The van der Waals surface area contributed by atoms with E-state index in [9.17, 15) is 0 Å². The van der Waals surface area contributed by atoms with Crippen LogP contribution >= 0.6 is 31.4 Å². The summed E-state index contributed by atoms with van der Waals surface area (Å²) in [5, 5.41) is 0. The van der Waals surface area contributed by atoms with Crippen molar-refractivity contribution in [2.75, 3.05) is 5.75 Å². The van der Waals surface area contributed by atoms with Gasteiger partial charge in [-0.05, 0) is 22.7 Å². The van der Waals surface area contributed by atoms with Crippen LogP contribution in [0.25, 0.3) is 0 Å². The molecule has 1 fully saturated rings. The normalized spacial score (nSPS) is 24.0. The largest absolute Gasteiger partial charge is 0.0826 e. The summed E-state index contributed by atoms with van der Waals surface area (Å²) in [6.07, 6.45) is 9.92. The first kappa shape index (κ1) is 11.1. The second-order valence-electron chi connectivity index (χ2n) is 3.06. The van der Waals surface area contributed by atoms with Gasteiger partial charge in [-0.3, -0.25) is 0 Å². The number of rotatable bonds is 0. The molecule has 0 bridgehead atoms. The molecule has 0 N–H and O–H groups in total. The average Bonchev–Trinajstić information content (AvgIpc) is 2.05. The molecular weight excluding hydrogens is 204 g/mol. The average molecular weight is 221 g/mol. The third-order valence-electron chi connectivity index (χ3n) is 1.96. The van der Waals surface area contributed by atoms with Crippen LogP contribution in [0.2, 0.25) is 0 Å². The summed E-state index contributed by atoms with van der Waals surface area (Å²) in [4.78, 5) is 0. The van der Waals surface area contributed by atoms with E-state index < -0.39 is 0 Å². The Bertz CT molecular complexity index is 52.8. The van der Waals surface area contributed by atoms with Crippen LogP contribution in [-0.2, 0) is 0 Å². The minimum Gasteiger partial charge on any atom is -0.0826 e. The fraction of sp³-hybridized carbons (Fsp3) is 0.889. The lowest BCUT2D eigenvalue weighted by atomic mass is 10.1. The Balaban J connectivity index is 2.00. The van der Waals surface area contributed by atoms with Crippen LogP contribution in [0.1, 0.15) is 44.9 Å². The van der Waals surface area contributed by atoms with Crippen molar-refractivity contribution in [3.05, 3.63) is 5.75 Å². The predicted octanol–water partition coefficient (Wildman–Crippen LogP) is 4.92. The van der Waals surface area contributed by atoms with Crippen molar-refractivity contribution >= 4 is 31.4 Å². The molecule has 3 heteroatoms. The van der Waals surface area contributed by atoms with Gasteiger partial charge in [0.25, 0.3) is 0 Å². The highest BCUT2D eigenvalue weighted by molar-refractivity contribution is 9.09. The van der Waals surface area contributed by atoms with E-state index in [-0.39, 0.29) is 0 Å². The quantitative estimate of drug-likeness (QED) is 0.533. The summed E-state index contributed by atoms with van der Waals surface area (Å²) >= 11 is 0. The Morgan fingerprint density at radius 1 is 0.833 bits per heavy atom. The molecule has 1 aliphatic rings. The Morgan fingerprint density at radius 2 is 1.58 bits per heavy atom. The van der Waals surface area contributed by atoms with Crippen molar-refractivity contribution in [3.8, 4) is 0 Å². The van der Waals surface area contributed by atoms with Crippen molar-refractivity contribution in [2.45, 2.75) is 44.9 Å². The minimum absolute atomic E-state index is 1.30. The van der Waals surface area contributed by atoms with Crippen LogP contribution in [0.3, 0.4) is 0 Å². The van der Waals surface area contributed by atoms with Gasteiger partial charge in [0.15, 0.2) is 0 Å². The van der Waals surface area contributed by atoms with Gasteiger partial charge in [0.2, 0.25) is 0 Å². The first-order valence-electron chi connectivity index (χ1n) is 4.77. The molecule has 0 aromatic heterocycles. The van der Waals surface area contributed by atoms with Gasteiger partial charge in [0, 0.05) is 11.5 Å². The minimum atomic E-state index is 1.30. The first-order chi connectivity index (χ1) is 6.00. The Labute approximate surface area is 87.8 Å². The lowest BCUT2D eigenvalue weighted by molar-refractivity contribution is 0.611. The molecule has 1 radical (unpaired) electrons. The summed E-state index contributed by atoms with van der Waals surface area (Å²) < 4.78 is 0. The molecule has 71 valence electrons. The smallest absolute Gasteiger partial charge is 0.0287 e. The maximum atomic E-state index is 2.36. The van der Waals surface area contributed by atoms with Crippen LogP contribution in [0.15, 0.2) is 0 Å². The second-order valence-corrected chi connectivity index (χ2v) is 7.29. The summed E-state index contributed by atoms with van der Waals surface area (Å²) in [7, 11) is 5.88. The van der Waals surface area contributed by atoms with Gasteiger partial charge >= 0.3 is 0 Å². The Hall–Kier alpha value is 1.05. The maximum Gasteiger partial charge on any atom is 0.0287 e. The highest BCUT2D eigenvalue weighted by Crippen LogP contribution is 2.38. The topological polar surface area (TPSA) is 0 Å². The van der Waals surface area contributed by atoms with Gasteiger partial charge in [-0.15, -0.1) is 0 Å². The maximum absolute atomic E-state index is 2.36. The first-order valence-corrected chi connectivity index (χ1v) is 8.48. The number of hydrogen-bond acceptors (Lipinski definition) is 3. The van der Waals surface area contributed by atoms with E-state index in [0.29, 0.717) is 0 Å². The molecule has 0 aliphatic carbocycles. The molecule has 1 rings (SSSR count). The lowest BCUT2D eigenvalue weighted by Crippen LogP contribution is -1.82. The molecular formula is C9H17S3. The molecule has 0 aromatic carbocycles. The molecule has 0 spiro atoms. The predicted molar refractivity (Wildman–Crippen MR) is 64.3 cm³/mol. The standard InChI is InChI=1S/C9H17S3/c1-2-4-6-8-10-12-11-9-7-5-3-1/h8H,1-7,9H2. The fourth-order valence-corrected chi connectivity index (χ4v) is 4.79. The van der Waals surface area contributed by atoms with E-state index in [1.807, 2.05) is 31.4 Å². The molecule has 12 heavy (non-hydrogen) atoms. The third kappa shape index (κ3) is 6.55. The molecule has 0 aromatic rings. The molecule has 0 amide bonds. The van der Waals surface area contributed by atoms with Crippen molar-refractivity contribution < 1.29 is 0 Å². The zero-order valence-corrected chi connectivity index (χ0v) is 9.91. The SMILES string of the molecule is [CH]1CCCCCCCCSSS1. The highest BCUT2D eigenvalue weighted by Gasteiger charge is 1.97. The summed E-state index contributed by atoms with van der Waals surface area (Å²) in [6.45, 7) is 0. The molecule has 1 saturated heterocycles. The van der Waals surface area contributed by atoms with Crippen molar-refractivity contribution in [2.24, 2.45) is 0 Å². The summed E-state index contributed by atoms with van der Waals surface area (Å²) in [6, 6.07) is 0. The van der Waals surface area contributed by atoms with Crippen LogP contribution in [0, 0.1) is 5.75 Å². The van der Waals surface area contributed by atoms with E-state index >= 15 is 0 Å². The highest BCUT2D eigenvalue weighted by atomic mass is 33.5. The van der Waals surface area contributed by atoms with Crippen LogP contribution in [-0.4, -0.2) is 5.75 Å². The fourth-order valence-electron chi connectivity index (χ4n) is 1.23. The molecule has 0 atom stereocenters. The van der Waals surface area contributed by atoms with Gasteiger partial charge < -0.3 is 0 Å². The molecule has 0 unspecified atom stereocenters. The second kappa shape index (κ2) is 8.64. The van der Waals surface area contributed by atoms with E-state index in [4.69, 9.17) is 0 Å². The van der Waals surface area contributed by atoms with Crippen molar-refractivity contribution in [1.29, 1.82) is 0 Å². The Morgan fingerprint density at radius 3 is 2.50 bits per heavy atom. The Kier molecular flexibility index (Phi) is 8.01. The third-order valence-corrected chi connectivity index (χ3v) is 5.96. The van der Waals surface area contributed by atoms with Crippen molar-refractivity contribution in [1.82, 2.24) is 0 Å². The molecule has 0 saturated carbocycles. The van der Waals surface area contributed by atoms with E-state index in [1.54, 1.807) is 0 Å². The van der Waals surface area contributed by atoms with Gasteiger partial charge in [-0.25, -0.2) is 0 Å². The molecule has 0 nitrogen and oxygen atoms in total. The van der Waals surface area contributed by atoms with E-state index in [2.05, 4.69) is 5.75 Å². The zero-order valence-electron chi connectivity index (χ0n) is 7.46. The van der Waals surface area contributed by atoms with Gasteiger partial charge in [0.05, 0.1) is 0 Å². The molecule has 1 aliphatic heterocycles.